The van der Waals surface area contributed by atoms with Crippen LogP contribution in [0.3, 0.4) is 0 Å². The Balaban J connectivity index is 1.32. The molecule has 2 aromatic rings. The van der Waals surface area contributed by atoms with Crippen LogP contribution >= 0.6 is 11.6 Å². The van der Waals surface area contributed by atoms with Crippen LogP contribution in [-0.2, 0) is 9.53 Å². The van der Waals surface area contributed by atoms with Gasteiger partial charge in [0.15, 0.2) is 0 Å². The van der Waals surface area contributed by atoms with Crippen LogP contribution in [0.4, 0.5) is 16.3 Å². The predicted octanol–water partition coefficient (Wildman–Crippen LogP) is 4.40. The Bertz CT molecular complexity index is 1210. The maximum atomic E-state index is 12.7. The number of carbonyl (C=O) groups excluding carboxylic acids is 2. The van der Waals surface area contributed by atoms with Gasteiger partial charge in [0.2, 0.25) is 5.88 Å². The van der Waals surface area contributed by atoms with Gasteiger partial charge in [-0.25, -0.2) is 14.8 Å². The SMILES string of the molecule is Cc1c(Nc2ccc(C#N)cc2Cl)ncnc1OC1C2CC(=O)CC1CN(C(=O)OC1(C)CC1)C2. The summed E-state index contributed by atoms with van der Waals surface area (Å²) in [4.78, 5) is 35.4. The number of piperidine rings is 1. The summed E-state index contributed by atoms with van der Waals surface area (Å²) < 4.78 is 12.0. The Morgan fingerprint density at radius 3 is 2.60 bits per heavy atom. The number of anilines is 2. The van der Waals surface area contributed by atoms with Gasteiger partial charge in [0.05, 0.1) is 27.9 Å². The molecule has 3 fully saturated rings. The third kappa shape index (κ3) is 4.89. The highest BCUT2D eigenvalue weighted by molar-refractivity contribution is 6.33. The molecule has 1 N–H and O–H groups in total. The van der Waals surface area contributed by atoms with Crippen LogP contribution in [0.15, 0.2) is 24.5 Å². The average molecular weight is 496 g/mol. The third-order valence-corrected chi connectivity index (χ3v) is 7.31. The second-order valence-electron chi connectivity index (χ2n) is 9.86. The van der Waals surface area contributed by atoms with Gasteiger partial charge in [0.1, 0.15) is 29.6 Å². The summed E-state index contributed by atoms with van der Waals surface area (Å²) in [6.07, 6.45) is 3.36. The number of amides is 1. The minimum Gasteiger partial charge on any atom is -0.473 e. The smallest absolute Gasteiger partial charge is 0.410 e. The lowest BCUT2D eigenvalue weighted by molar-refractivity contribution is -0.131. The zero-order valence-corrected chi connectivity index (χ0v) is 20.3. The Morgan fingerprint density at radius 2 is 1.97 bits per heavy atom. The lowest BCUT2D eigenvalue weighted by atomic mass is 9.74. The highest BCUT2D eigenvalue weighted by Gasteiger charge is 2.48. The molecule has 9 nitrogen and oxygen atoms in total. The Kier molecular flexibility index (Phi) is 6.01. The van der Waals surface area contributed by atoms with Gasteiger partial charge in [0.25, 0.3) is 0 Å². The van der Waals surface area contributed by atoms with E-state index in [0.717, 1.165) is 12.8 Å². The van der Waals surface area contributed by atoms with Crippen molar-refractivity contribution in [3.8, 4) is 11.9 Å². The second kappa shape index (κ2) is 9.00. The van der Waals surface area contributed by atoms with Crippen molar-refractivity contribution in [2.75, 3.05) is 18.4 Å². The van der Waals surface area contributed by atoms with E-state index in [2.05, 4.69) is 21.4 Å². The van der Waals surface area contributed by atoms with Crippen LogP contribution in [0.1, 0.15) is 43.7 Å². The van der Waals surface area contributed by atoms with E-state index in [0.29, 0.717) is 59.5 Å². The number of nitrogens with one attached hydrogen (secondary N) is 1. The summed E-state index contributed by atoms with van der Waals surface area (Å²) in [5, 5.41) is 12.6. The van der Waals surface area contributed by atoms with Crippen molar-refractivity contribution >= 4 is 35.0 Å². The minimum absolute atomic E-state index is 0.131. The molecule has 1 aromatic heterocycles. The number of ether oxygens (including phenoxy) is 2. The van der Waals surface area contributed by atoms with E-state index in [-0.39, 0.29) is 35.4 Å². The second-order valence-corrected chi connectivity index (χ2v) is 10.3. The van der Waals surface area contributed by atoms with E-state index in [9.17, 15) is 9.59 Å². The van der Waals surface area contributed by atoms with Gasteiger partial charge >= 0.3 is 6.09 Å². The number of aromatic nitrogens is 2. The molecule has 0 radical (unpaired) electrons. The highest BCUT2D eigenvalue weighted by Crippen LogP contribution is 2.41. The average Bonchev–Trinajstić information content (AvgIpc) is 3.54. The fourth-order valence-corrected chi connectivity index (χ4v) is 5.01. The number of benzene rings is 1. The van der Waals surface area contributed by atoms with Crippen molar-refractivity contribution in [2.45, 2.75) is 51.2 Å². The van der Waals surface area contributed by atoms with Gasteiger partial charge in [0, 0.05) is 37.8 Å². The molecule has 0 spiro atoms. The topological polar surface area (TPSA) is 117 Å². The summed E-state index contributed by atoms with van der Waals surface area (Å²) in [5.41, 5.74) is 1.43. The molecule has 10 heteroatoms. The van der Waals surface area contributed by atoms with Crippen molar-refractivity contribution < 1.29 is 19.1 Å². The van der Waals surface area contributed by atoms with Crippen molar-refractivity contribution in [1.82, 2.24) is 14.9 Å². The number of carbonyl (C=O) groups is 2. The van der Waals surface area contributed by atoms with Gasteiger partial charge in [-0.05, 0) is 44.9 Å². The summed E-state index contributed by atoms with van der Waals surface area (Å²) in [6, 6.07) is 7.03. The summed E-state index contributed by atoms with van der Waals surface area (Å²) in [7, 11) is 0. The number of likely N-dealkylation sites (tertiary alicyclic amines) is 1. The van der Waals surface area contributed by atoms with Crippen molar-refractivity contribution in [2.24, 2.45) is 11.8 Å². The van der Waals surface area contributed by atoms with E-state index < -0.39 is 0 Å². The fourth-order valence-electron chi connectivity index (χ4n) is 4.78. The molecule has 1 aliphatic heterocycles. The van der Waals surface area contributed by atoms with E-state index in [1.54, 1.807) is 23.1 Å². The van der Waals surface area contributed by atoms with Crippen LogP contribution in [0, 0.1) is 30.1 Å². The molecule has 2 unspecified atom stereocenters. The molecule has 2 aliphatic carbocycles. The molecule has 2 saturated carbocycles. The Hall–Kier alpha value is -3.38. The van der Waals surface area contributed by atoms with Crippen LogP contribution in [0.5, 0.6) is 5.88 Å². The number of nitriles is 1. The van der Waals surface area contributed by atoms with Gasteiger partial charge in [-0.2, -0.15) is 5.26 Å². The summed E-state index contributed by atoms with van der Waals surface area (Å²) >= 11 is 6.30. The molecule has 182 valence electrons. The monoisotopic (exact) mass is 495 g/mol. The predicted molar refractivity (Wildman–Crippen MR) is 128 cm³/mol. The lowest BCUT2D eigenvalue weighted by Gasteiger charge is -2.45. The van der Waals surface area contributed by atoms with Crippen LogP contribution in [0.2, 0.25) is 5.02 Å². The quantitative estimate of drug-likeness (QED) is 0.648. The fraction of sp³-hybridized carbons (Fsp3) is 0.480. The first kappa shape index (κ1) is 23.4. The van der Waals surface area contributed by atoms with Crippen LogP contribution in [0.25, 0.3) is 0 Å². The molecule has 3 aliphatic rings. The molecule has 35 heavy (non-hydrogen) atoms. The molecule has 2 bridgehead atoms. The van der Waals surface area contributed by atoms with Crippen molar-refractivity contribution in [3.05, 3.63) is 40.7 Å². The number of fused-ring (bicyclic) bond motifs is 2. The molecular weight excluding hydrogens is 470 g/mol. The van der Waals surface area contributed by atoms with E-state index >= 15 is 0 Å². The zero-order valence-electron chi connectivity index (χ0n) is 19.6. The van der Waals surface area contributed by atoms with Gasteiger partial charge in [-0.1, -0.05) is 11.6 Å². The number of ketones is 1. The van der Waals surface area contributed by atoms with Crippen LogP contribution < -0.4 is 10.1 Å². The maximum Gasteiger partial charge on any atom is 0.410 e. The molecule has 2 heterocycles. The first-order valence-electron chi connectivity index (χ1n) is 11.7. The number of halogens is 1. The lowest BCUT2D eigenvalue weighted by Crippen LogP contribution is -2.57. The molecule has 1 amide bonds. The zero-order chi connectivity index (χ0) is 24.7. The van der Waals surface area contributed by atoms with E-state index in [4.69, 9.17) is 26.3 Å². The Morgan fingerprint density at radius 1 is 1.26 bits per heavy atom. The number of hydrogen-bond acceptors (Lipinski definition) is 8. The highest BCUT2D eigenvalue weighted by atomic mass is 35.5. The number of Topliss-reactive ketones (excluding diaryl/α,β-unsaturated/α-hetero) is 1. The normalized spacial score (nSPS) is 24.3. The first-order chi connectivity index (χ1) is 16.7. The van der Waals surface area contributed by atoms with E-state index in [1.165, 1.54) is 6.33 Å². The molecule has 1 aromatic carbocycles. The van der Waals surface area contributed by atoms with Crippen molar-refractivity contribution in [1.29, 1.82) is 5.26 Å². The molecule has 2 atom stereocenters. The van der Waals surface area contributed by atoms with Crippen LogP contribution in [-0.4, -0.2) is 51.5 Å². The van der Waals surface area contributed by atoms with E-state index in [1.807, 2.05) is 13.8 Å². The molecule has 1 saturated heterocycles. The molecular formula is C25H26ClN5O4. The number of nitrogens with zero attached hydrogens (tertiary/aromatic N) is 4. The van der Waals surface area contributed by atoms with Crippen molar-refractivity contribution in [3.63, 3.8) is 0 Å². The number of hydrogen-bond donors (Lipinski definition) is 1. The summed E-state index contributed by atoms with van der Waals surface area (Å²) in [6.45, 7) is 4.62. The van der Waals surface area contributed by atoms with Gasteiger partial charge < -0.3 is 19.7 Å². The first-order valence-corrected chi connectivity index (χ1v) is 12.1. The largest absolute Gasteiger partial charge is 0.473 e. The van der Waals surface area contributed by atoms with Gasteiger partial charge in [-0.3, -0.25) is 4.79 Å². The summed E-state index contributed by atoms with van der Waals surface area (Å²) in [5.74, 6) is 0.880. The number of rotatable bonds is 5. The third-order valence-electron chi connectivity index (χ3n) is 7.00. The maximum absolute atomic E-state index is 12.7. The molecule has 5 rings (SSSR count). The minimum atomic E-state index is -0.339. The standard InChI is InChI=1S/C25H26ClN5O4/c1-14-22(30-20-4-3-15(10-27)7-19(20)26)28-13-29-23(14)34-21-16-8-18(32)9-17(21)12-31(11-16)24(33)35-25(2)5-6-25/h3-4,7,13,16-17,21H,5-6,8-9,11-12H2,1-2H3,(H,28,29,30). The van der Waals surface area contributed by atoms with Gasteiger partial charge in [-0.15, -0.1) is 0 Å². The Labute approximate surface area is 208 Å².